The van der Waals surface area contributed by atoms with Crippen LogP contribution in [0, 0.1) is 6.92 Å². The second kappa shape index (κ2) is 9.52. The van der Waals surface area contributed by atoms with Gasteiger partial charge < -0.3 is 5.32 Å². The first kappa shape index (κ1) is 21.4. The summed E-state index contributed by atoms with van der Waals surface area (Å²) in [6, 6.07) is 5.80. The van der Waals surface area contributed by atoms with E-state index in [4.69, 9.17) is 0 Å². The van der Waals surface area contributed by atoms with Gasteiger partial charge >= 0.3 is 5.69 Å². The van der Waals surface area contributed by atoms with Crippen LogP contribution in [0.15, 0.2) is 34.6 Å². The zero-order valence-electron chi connectivity index (χ0n) is 17.8. The third-order valence-corrected chi connectivity index (χ3v) is 6.15. The molecular weight excluding hydrogens is 414 g/mol. The number of aromatic nitrogens is 5. The highest BCUT2D eigenvalue weighted by Gasteiger charge is 2.22. The summed E-state index contributed by atoms with van der Waals surface area (Å²) in [6.45, 7) is 3.82. The third kappa shape index (κ3) is 5.45. The zero-order valence-corrected chi connectivity index (χ0v) is 18.6. The first-order chi connectivity index (χ1) is 15.0. The van der Waals surface area contributed by atoms with Gasteiger partial charge in [0.05, 0.1) is 29.5 Å². The Bertz CT molecular complexity index is 1090. The molecule has 0 fully saturated rings. The Morgan fingerprint density at radius 1 is 1.32 bits per heavy atom. The fourth-order valence-electron chi connectivity index (χ4n) is 3.85. The molecule has 0 aliphatic carbocycles. The molecule has 31 heavy (non-hydrogen) atoms. The van der Waals surface area contributed by atoms with Crippen LogP contribution in [-0.2, 0) is 30.8 Å². The van der Waals surface area contributed by atoms with Gasteiger partial charge in [0.25, 0.3) is 0 Å². The Labute approximate surface area is 184 Å². The van der Waals surface area contributed by atoms with Crippen molar-refractivity contribution in [3.63, 3.8) is 0 Å². The molecular formula is C21H27N7O2S. The van der Waals surface area contributed by atoms with Crippen LogP contribution in [0.4, 0.5) is 0 Å². The highest BCUT2D eigenvalue weighted by molar-refractivity contribution is 7.09. The van der Waals surface area contributed by atoms with E-state index < -0.39 is 0 Å². The molecule has 3 aromatic heterocycles. The number of nitrogens with zero attached hydrogens (tertiary/aromatic N) is 6. The van der Waals surface area contributed by atoms with E-state index in [0.717, 1.165) is 28.6 Å². The van der Waals surface area contributed by atoms with Gasteiger partial charge in [-0.25, -0.2) is 14.5 Å². The Kier molecular flexibility index (Phi) is 6.57. The lowest BCUT2D eigenvalue weighted by Crippen LogP contribution is -2.41. The van der Waals surface area contributed by atoms with E-state index in [1.165, 1.54) is 4.68 Å². The minimum absolute atomic E-state index is 0.0146. The van der Waals surface area contributed by atoms with Gasteiger partial charge in [0.2, 0.25) is 5.91 Å². The molecule has 3 aromatic rings. The van der Waals surface area contributed by atoms with Crippen LogP contribution in [0.5, 0.6) is 0 Å². The quantitative estimate of drug-likeness (QED) is 0.592. The van der Waals surface area contributed by atoms with E-state index in [2.05, 4.69) is 20.4 Å². The van der Waals surface area contributed by atoms with Crippen molar-refractivity contribution in [2.45, 2.75) is 51.9 Å². The summed E-state index contributed by atoms with van der Waals surface area (Å²) in [5, 5.41) is 10.6. The van der Waals surface area contributed by atoms with Gasteiger partial charge in [-0.3, -0.25) is 19.2 Å². The van der Waals surface area contributed by atoms with Crippen LogP contribution in [0.25, 0.3) is 0 Å². The van der Waals surface area contributed by atoms with Crippen molar-refractivity contribution in [1.29, 1.82) is 0 Å². The number of aryl methyl sites for hydroxylation is 2. The van der Waals surface area contributed by atoms with Crippen molar-refractivity contribution in [2.75, 3.05) is 13.6 Å². The third-order valence-electron chi connectivity index (χ3n) is 5.33. The molecule has 164 valence electrons. The summed E-state index contributed by atoms with van der Waals surface area (Å²) in [5.74, 6) is 0.764. The molecule has 1 atom stereocenters. The number of nitrogens with one attached hydrogen (secondary N) is 1. The molecule has 9 nitrogen and oxygen atoms in total. The lowest BCUT2D eigenvalue weighted by Gasteiger charge is -2.20. The molecule has 0 bridgehead atoms. The number of carbonyl (C=O) groups excluding carboxylic acids is 1. The van der Waals surface area contributed by atoms with Crippen molar-refractivity contribution in [3.05, 3.63) is 62.5 Å². The molecule has 1 aliphatic heterocycles. The maximum Gasteiger partial charge on any atom is 0.346 e. The number of pyridine rings is 1. The zero-order chi connectivity index (χ0) is 21.8. The summed E-state index contributed by atoms with van der Waals surface area (Å²) in [6.07, 6.45) is 3.89. The molecule has 1 amide bonds. The van der Waals surface area contributed by atoms with Crippen molar-refractivity contribution >= 4 is 17.2 Å². The van der Waals surface area contributed by atoms with Crippen LogP contribution in [0.1, 0.15) is 35.1 Å². The number of carbonyl (C=O) groups is 1. The SMILES string of the molecule is Cc1nc(Cn2nc3n(c2=O)CCC(NC(=O)CN(C)Cc2ccccn2)CC3)cs1. The first-order valence-corrected chi connectivity index (χ1v) is 11.3. The minimum Gasteiger partial charge on any atom is -0.352 e. The maximum absolute atomic E-state index is 12.8. The van der Waals surface area contributed by atoms with Gasteiger partial charge in [-0.05, 0) is 38.9 Å². The minimum atomic E-state index is -0.109. The lowest BCUT2D eigenvalue weighted by atomic mass is 10.1. The average molecular weight is 442 g/mol. The van der Waals surface area contributed by atoms with Crippen LogP contribution in [0.3, 0.4) is 0 Å². The molecule has 1 N–H and O–H groups in total. The Morgan fingerprint density at radius 2 is 2.19 bits per heavy atom. The summed E-state index contributed by atoms with van der Waals surface area (Å²) < 4.78 is 3.23. The lowest BCUT2D eigenvalue weighted by molar-refractivity contribution is -0.122. The highest BCUT2D eigenvalue weighted by atomic mass is 32.1. The molecule has 4 heterocycles. The Balaban J connectivity index is 1.30. The van der Waals surface area contributed by atoms with Gasteiger partial charge in [-0.15, -0.1) is 11.3 Å². The Hall–Kier alpha value is -2.85. The van der Waals surface area contributed by atoms with E-state index in [0.29, 0.717) is 39.0 Å². The van der Waals surface area contributed by atoms with Crippen LogP contribution in [-0.4, -0.2) is 54.8 Å². The predicted molar refractivity (Wildman–Crippen MR) is 118 cm³/mol. The number of hydrogen-bond acceptors (Lipinski definition) is 7. The molecule has 0 saturated heterocycles. The van der Waals surface area contributed by atoms with E-state index in [1.807, 2.05) is 42.5 Å². The van der Waals surface area contributed by atoms with Crippen molar-refractivity contribution in [1.82, 2.24) is 34.5 Å². The van der Waals surface area contributed by atoms with Crippen LogP contribution >= 0.6 is 11.3 Å². The number of amides is 1. The fourth-order valence-corrected chi connectivity index (χ4v) is 4.46. The largest absolute Gasteiger partial charge is 0.352 e. The predicted octanol–water partition coefficient (Wildman–Crippen LogP) is 1.21. The summed E-state index contributed by atoms with van der Waals surface area (Å²) in [5.41, 5.74) is 1.68. The molecule has 0 radical (unpaired) electrons. The van der Waals surface area contributed by atoms with Crippen molar-refractivity contribution in [3.8, 4) is 0 Å². The van der Waals surface area contributed by atoms with Crippen LogP contribution in [0.2, 0.25) is 0 Å². The topological polar surface area (TPSA) is 97.9 Å². The smallest absolute Gasteiger partial charge is 0.346 e. The molecule has 10 heteroatoms. The van der Waals surface area contributed by atoms with E-state index >= 15 is 0 Å². The molecule has 0 aromatic carbocycles. The fraction of sp³-hybridized carbons (Fsp3) is 0.476. The van der Waals surface area contributed by atoms with Gasteiger partial charge in [0.15, 0.2) is 0 Å². The number of rotatable bonds is 7. The van der Waals surface area contributed by atoms with E-state index in [1.54, 1.807) is 22.1 Å². The summed E-state index contributed by atoms with van der Waals surface area (Å²) in [4.78, 5) is 35.9. The maximum atomic E-state index is 12.8. The second-order valence-electron chi connectivity index (χ2n) is 7.95. The van der Waals surface area contributed by atoms with E-state index in [9.17, 15) is 9.59 Å². The number of thiazole rings is 1. The van der Waals surface area contributed by atoms with Gasteiger partial charge in [-0.2, -0.15) is 5.10 Å². The summed E-state index contributed by atoms with van der Waals surface area (Å²) >= 11 is 1.57. The van der Waals surface area contributed by atoms with Gasteiger partial charge in [0, 0.05) is 37.1 Å². The molecule has 1 aliphatic rings. The number of likely N-dealkylation sites (N-methyl/N-ethyl adjacent to an activating group) is 1. The van der Waals surface area contributed by atoms with Gasteiger partial charge in [-0.1, -0.05) is 6.07 Å². The molecule has 0 spiro atoms. The standard InChI is InChI=1S/C21H27N7O2S/c1-15-23-18(14-31-15)12-28-21(30)27-10-8-16(6-7-19(27)25-28)24-20(29)13-26(2)11-17-5-3-4-9-22-17/h3-5,9,14,16H,6-8,10-13H2,1-2H3,(H,24,29). The van der Waals surface area contributed by atoms with E-state index in [-0.39, 0.29) is 17.6 Å². The first-order valence-electron chi connectivity index (χ1n) is 10.4. The summed E-state index contributed by atoms with van der Waals surface area (Å²) in [7, 11) is 1.91. The van der Waals surface area contributed by atoms with Gasteiger partial charge in [0.1, 0.15) is 5.82 Å². The molecule has 1 unspecified atom stereocenters. The molecule has 4 rings (SSSR count). The van der Waals surface area contributed by atoms with Crippen LogP contribution < -0.4 is 11.0 Å². The van der Waals surface area contributed by atoms with Crippen molar-refractivity contribution in [2.24, 2.45) is 0 Å². The number of hydrogen-bond donors (Lipinski definition) is 1. The second-order valence-corrected chi connectivity index (χ2v) is 9.01. The normalized spacial score (nSPS) is 16.2. The Morgan fingerprint density at radius 3 is 2.94 bits per heavy atom. The number of fused-ring (bicyclic) bond motifs is 1. The highest BCUT2D eigenvalue weighted by Crippen LogP contribution is 2.13. The average Bonchev–Trinajstić information content (AvgIpc) is 3.20. The van der Waals surface area contributed by atoms with Crippen molar-refractivity contribution < 1.29 is 4.79 Å². The molecule has 0 saturated carbocycles. The monoisotopic (exact) mass is 441 g/mol.